The summed E-state index contributed by atoms with van der Waals surface area (Å²) in [5.74, 6) is -0.632. The van der Waals surface area contributed by atoms with Crippen molar-refractivity contribution in [2.24, 2.45) is 0 Å². The van der Waals surface area contributed by atoms with Crippen LogP contribution in [0.15, 0.2) is 66.4 Å². The number of halogens is 3. The Morgan fingerprint density at radius 1 is 1.14 bits per heavy atom. The van der Waals surface area contributed by atoms with Crippen molar-refractivity contribution in [2.75, 3.05) is 19.0 Å². The smallest absolute Gasteiger partial charge is 0.329 e. The van der Waals surface area contributed by atoms with Crippen molar-refractivity contribution in [1.29, 1.82) is 0 Å². The van der Waals surface area contributed by atoms with Crippen molar-refractivity contribution in [2.45, 2.75) is 6.54 Å². The average Bonchev–Trinajstić information content (AvgIpc) is 3.13. The summed E-state index contributed by atoms with van der Waals surface area (Å²) >= 11 is 7.93. The second kappa shape index (κ2) is 11.6. The van der Waals surface area contributed by atoms with Crippen molar-refractivity contribution in [3.63, 3.8) is 0 Å². The van der Waals surface area contributed by atoms with Gasteiger partial charge in [0.2, 0.25) is 0 Å². The van der Waals surface area contributed by atoms with Crippen molar-refractivity contribution < 1.29 is 28.2 Å². The largest absolute Gasteiger partial charge is 0.493 e. The normalized spacial score (nSPS) is 14.1. The highest BCUT2D eigenvalue weighted by molar-refractivity contribution is 14.1. The van der Waals surface area contributed by atoms with Gasteiger partial charge in [-0.1, -0.05) is 23.7 Å². The molecule has 11 heteroatoms. The fraction of sp³-hybridized carbons (Fsp3) is 0.115. The number of ether oxygens (including phenoxy) is 2. The summed E-state index contributed by atoms with van der Waals surface area (Å²) in [5, 5.41) is 5.77. The second-order valence-electron chi connectivity index (χ2n) is 7.88. The van der Waals surface area contributed by atoms with Gasteiger partial charge in [-0.2, -0.15) is 0 Å². The topological polar surface area (TPSA) is 97.0 Å². The lowest BCUT2D eigenvalue weighted by atomic mass is 10.1. The molecule has 0 bridgehead atoms. The average molecular weight is 636 g/mol. The lowest BCUT2D eigenvalue weighted by Crippen LogP contribution is -2.30. The number of nitrogens with zero attached hydrogens (tertiary/aromatic N) is 1. The van der Waals surface area contributed by atoms with Crippen LogP contribution in [0.5, 0.6) is 11.5 Å². The maximum absolute atomic E-state index is 13.0. The molecule has 1 aliphatic rings. The standard InChI is InChI=1S/C26H20ClFIN3O5/c1-36-22-12-16(10-20(29)24(22)37-14-23(33)30-19-8-6-18(28)7-9-19)11-21-25(34)32(26(35)31-21)13-15-2-4-17(27)5-3-15/h2-12H,13-14H2,1H3,(H,30,33)(H,31,35)/b21-11-. The van der Waals surface area contributed by atoms with Crippen molar-refractivity contribution in [3.05, 3.63) is 91.9 Å². The van der Waals surface area contributed by atoms with Crippen LogP contribution in [0, 0.1) is 9.39 Å². The molecule has 0 radical (unpaired) electrons. The number of benzene rings is 3. The molecule has 0 atom stereocenters. The number of methoxy groups -OCH3 is 1. The Morgan fingerprint density at radius 2 is 1.84 bits per heavy atom. The summed E-state index contributed by atoms with van der Waals surface area (Å²) < 4.78 is 24.8. The van der Waals surface area contributed by atoms with E-state index in [-0.39, 0.29) is 18.8 Å². The lowest BCUT2D eigenvalue weighted by Gasteiger charge is -2.14. The fourth-order valence-corrected chi connectivity index (χ4v) is 4.39. The summed E-state index contributed by atoms with van der Waals surface area (Å²) in [4.78, 5) is 38.6. The van der Waals surface area contributed by atoms with Gasteiger partial charge in [0, 0.05) is 10.7 Å². The van der Waals surface area contributed by atoms with Crippen molar-refractivity contribution in [1.82, 2.24) is 10.2 Å². The molecule has 2 N–H and O–H groups in total. The number of carbonyl (C=O) groups excluding carboxylic acids is 3. The quantitative estimate of drug-likeness (QED) is 0.202. The summed E-state index contributed by atoms with van der Waals surface area (Å²) in [5.41, 5.74) is 1.90. The van der Waals surface area contributed by atoms with Crippen LogP contribution in [-0.2, 0) is 16.1 Å². The van der Waals surface area contributed by atoms with Crippen molar-refractivity contribution >= 4 is 63.8 Å². The monoisotopic (exact) mass is 635 g/mol. The SMILES string of the molecule is COc1cc(/C=C2\NC(=O)N(Cc3ccc(Cl)cc3)C2=O)cc(I)c1OCC(=O)Nc1ccc(F)cc1. The molecule has 0 aliphatic carbocycles. The van der Waals surface area contributed by atoms with E-state index in [2.05, 4.69) is 10.6 Å². The number of nitrogens with one attached hydrogen (secondary N) is 2. The molecule has 3 aromatic rings. The van der Waals surface area contributed by atoms with Gasteiger partial charge in [0.1, 0.15) is 11.5 Å². The number of carbonyl (C=O) groups is 3. The van der Waals surface area contributed by atoms with Crippen molar-refractivity contribution in [3.8, 4) is 11.5 Å². The zero-order chi connectivity index (χ0) is 26.5. The number of hydrogen-bond donors (Lipinski definition) is 2. The minimum absolute atomic E-state index is 0.104. The van der Waals surface area contributed by atoms with Crippen LogP contribution in [-0.4, -0.2) is 36.5 Å². The number of urea groups is 1. The number of imide groups is 1. The molecule has 1 fully saturated rings. The van der Waals surface area contributed by atoms with E-state index in [0.717, 1.165) is 10.5 Å². The molecule has 0 saturated carbocycles. The Balaban J connectivity index is 1.45. The number of anilines is 1. The predicted molar refractivity (Wildman–Crippen MR) is 145 cm³/mol. The maximum Gasteiger partial charge on any atom is 0.329 e. The van der Waals surface area contributed by atoms with Crippen LogP contribution in [0.1, 0.15) is 11.1 Å². The van der Waals surface area contributed by atoms with E-state index in [4.69, 9.17) is 21.1 Å². The maximum atomic E-state index is 13.0. The molecule has 1 heterocycles. The Labute approximate surface area is 230 Å². The highest BCUT2D eigenvalue weighted by Crippen LogP contribution is 2.35. The molecule has 1 saturated heterocycles. The summed E-state index contributed by atoms with van der Waals surface area (Å²) in [7, 11) is 1.45. The highest BCUT2D eigenvalue weighted by Gasteiger charge is 2.33. The number of amides is 4. The molecule has 1 aliphatic heterocycles. The highest BCUT2D eigenvalue weighted by atomic mass is 127. The molecule has 0 spiro atoms. The first-order chi connectivity index (χ1) is 17.7. The molecule has 37 heavy (non-hydrogen) atoms. The van der Waals surface area contributed by atoms with Gasteiger partial charge in [-0.3, -0.25) is 14.5 Å². The molecular formula is C26H20ClFIN3O5. The van der Waals surface area contributed by atoms with Gasteiger partial charge in [-0.05, 0) is 88.3 Å². The van der Waals surface area contributed by atoms with E-state index >= 15 is 0 Å². The van der Waals surface area contributed by atoms with Gasteiger partial charge in [-0.25, -0.2) is 9.18 Å². The zero-order valence-corrected chi connectivity index (χ0v) is 22.3. The minimum Gasteiger partial charge on any atom is -0.493 e. The van der Waals surface area contributed by atoms with Gasteiger partial charge >= 0.3 is 6.03 Å². The molecule has 4 amide bonds. The fourth-order valence-electron chi connectivity index (χ4n) is 3.49. The van der Waals surface area contributed by atoms with Crippen LogP contribution < -0.4 is 20.1 Å². The number of hydrogen-bond acceptors (Lipinski definition) is 5. The molecule has 4 rings (SSSR count). The first kappa shape index (κ1) is 26.4. The number of rotatable bonds is 8. The van der Waals surface area contributed by atoms with Gasteiger partial charge < -0.3 is 20.1 Å². The predicted octanol–water partition coefficient (Wildman–Crippen LogP) is 5.20. The van der Waals surface area contributed by atoms with E-state index in [1.165, 1.54) is 37.5 Å². The second-order valence-corrected chi connectivity index (χ2v) is 9.48. The van der Waals surface area contributed by atoms with Gasteiger partial charge in [0.25, 0.3) is 11.8 Å². The first-order valence-electron chi connectivity index (χ1n) is 10.9. The van der Waals surface area contributed by atoms with Crippen LogP contribution in [0.3, 0.4) is 0 Å². The van der Waals surface area contributed by atoms with E-state index in [1.54, 1.807) is 36.4 Å². The Kier molecular flexibility index (Phi) is 8.29. The summed E-state index contributed by atoms with van der Waals surface area (Å²) in [6.07, 6.45) is 1.54. The van der Waals surface area contributed by atoms with Gasteiger partial charge in [0.15, 0.2) is 18.1 Å². The Hall–Kier alpha value is -3.64. The molecular weight excluding hydrogens is 616 g/mol. The van der Waals surface area contributed by atoms with Crippen LogP contribution in [0.4, 0.5) is 14.9 Å². The lowest BCUT2D eigenvalue weighted by molar-refractivity contribution is -0.123. The van der Waals surface area contributed by atoms with Gasteiger partial charge in [0.05, 0.1) is 17.2 Å². The van der Waals surface area contributed by atoms with Crippen LogP contribution in [0.2, 0.25) is 5.02 Å². The van der Waals surface area contributed by atoms with E-state index in [9.17, 15) is 18.8 Å². The molecule has 0 unspecified atom stereocenters. The molecule has 3 aromatic carbocycles. The molecule has 0 aromatic heterocycles. The third-order valence-electron chi connectivity index (χ3n) is 5.25. The van der Waals surface area contributed by atoms with Crippen LogP contribution >= 0.6 is 34.2 Å². The zero-order valence-electron chi connectivity index (χ0n) is 19.4. The third-order valence-corrected chi connectivity index (χ3v) is 6.31. The Morgan fingerprint density at radius 3 is 2.51 bits per heavy atom. The summed E-state index contributed by atoms with van der Waals surface area (Å²) in [6.45, 7) is -0.203. The van der Waals surface area contributed by atoms with E-state index < -0.39 is 23.7 Å². The van der Waals surface area contributed by atoms with Gasteiger partial charge in [-0.15, -0.1) is 0 Å². The molecule has 190 valence electrons. The van der Waals surface area contributed by atoms with E-state index in [0.29, 0.717) is 31.3 Å². The summed E-state index contributed by atoms with van der Waals surface area (Å²) in [6, 6.07) is 15.1. The van der Waals surface area contributed by atoms with Crippen LogP contribution in [0.25, 0.3) is 6.08 Å². The van der Waals surface area contributed by atoms with E-state index in [1.807, 2.05) is 22.6 Å². The Bertz CT molecular complexity index is 1380. The molecule has 8 nitrogen and oxygen atoms in total. The minimum atomic E-state index is -0.528. The first-order valence-corrected chi connectivity index (χ1v) is 12.3. The third kappa shape index (κ3) is 6.57.